The first kappa shape index (κ1) is 9.72. The molecule has 1 heteroatoms. The van der Waals surface area contributed by atoms with E-state index in [1.54, 1.807) is 6.20 Å². The van der Waals surface area contributed by atoms with E-state index in [4.69, 9.17) is 0 Å². The second kappa shape index (κ2) is 4.04. The average molecular weight is 173 g/mol. The summed E-state index contributed by atoms with van der Waals surface area (Å²) in [6.45, 7) is 12.0. The number of hydrogen-bond acceptors (Lipinski definition) is 1. The van der Waals surface area contributed by atoms with Crippen molar-refractivity contribution < 1.29 is 0 Å². The molecule has 0 saturated heterocycles. The van der Waals surface area contributed by atoms with E-state index in [2.05, 4.69) is 25.1 Å². The molecule has 0 fully saturated rings. The Balaban J connectivity index is 3.19. The highest BCUT2D eigenvalue weighted by Gasteiger charge is 2.05. The third-order valence-electron chi connectivity index (χ3n) is 2.02. The molecule has 13 heavy (non-hydrogen) atoms. The Labute approximate surface area is 79.8 Å². The zero-order valence-corrected chi connectivity index (χ0v) is 8.30. The molecule has 0 unspecified atom stereocenters. The molecule has 0 radical (unpaired) electrons. The van der Waals surface area contributed by atoms with E-state index in [1.807, 2.05) is 19.1 Å². The minimum atomic E-state index is 0.950. The first-order valence-electron chi connectivity index (χ1n) is 4.45. The van der Waals surface area contributed by atoms with Crippen molar-refractivity contribution in [3.63, 3.8) is 0 Å². The summed E-state index contributed by atoms with van der Waals surface area (Å²) < 4.78 is 0. The highest BCUT2D eigenvalue weighted by molar-refractivity contribution is 5.74. The van der Waals surface area contributed by atoms with Crippen LogP contribution in [0, 0.1) is 0 Å². The van der Waals surface area contributed by atoms with E-state index in [0.717, 1.165) is 28.8 Å². The first-order valence-corrected chi connectivity index (χ1v) is 4.45. The Morgan fingerprint density at radius 1 is 1.46 bits per heavy atom. The van der Waals surface area contributed by atoms with Crippen molar-refractivity contribution in [2.75, 3.05) is 0 Å². The van der Waals surface area contributed by atoms with Crippen LogP contribution in [0.25, 0.3) is 11.1 Å². The first-order chi connectivity index (χ1) is 6.16. The van der Waals surface area contributed by atoms with Gasteiger partial charge < -0.3 is 0 Å². The predicted molar refractivity (Wildman–Crippen MR) is 58.3 cm³/mol. The van der Waals surface area contributed by atoms with Gasteiger partial charge in [-0.25, -0.2) is 0 Å². The average Bonchev–Trinajstić information content (AvgIpc) is 2.16. The van der Waals surface area contributed by atoms with Crippen molar-refractivity contribution >= 4 is 11.1 Å². The molecule has 0 saturated carbocycles. The van der Waals surface area contributed by atoms with Crippen LogP contribution in [0.2, 0.25) is 0 Å². The van der Waals surface area contributed by atoms with E-state index in [1.165, 1.54) is 0 Å². The van der Waals surface area contributed by atoms with E-state index in [9.17, 15) is 0 Å². The summed E-state index contributed by atoms with van der Waals surface area (Å²) in [5.41, 5.74) is 4.20. The van der Waals surface area contributed by atoms with Crippen LogP contribution < -0.4 is 0 Å². The third-order valence-corrected chi connectivity index (χ3v) is 2.02. The maximum absolute atomic E-state index is 4.29. The summed E-state index contributed by atoms with van der Waals surface area (Å²) >= 11 is 0. The lowest BCUT2D eigenvalue weighted by Crippen LogP contribution is -1.92. The minimum absolute atomic E-state index is 0.950. The zero-order valence-electron chi connectivity index (χ0n) is 8.30. The molecule has 0 aliphatic rings. The molecule has 0 aliphatic carbocycles. The minimum Gasteiger partial charge on any atom is -0.256 e. The Kier molecular flexibility index (Phi) is 3.02. The molecule has 1 heterocycles. The van der Waals surface area contributed by atoms with Gasteiger partial charge in [0.05, 0.1) is 5.69 Å². The molecule has 1 rings (SSSR count). The standard InChI is InChI=1S/C12H15N/c1-5-10(4)11-7-6-8-13-12(11)9(2)3/h6-8H,2,4-5H2,1,3H3. The lowest BCUT2D eigenvalue weighted by molar-refractivity contribution is 1.19. The van der Waals surface area contributed by atoms with Crippen LogP contribution in [0.3, 0.4) is 0 Å². The second-order valence-electron chi connectivity index (χ2n) is 3.14. The molecule has 0 amide bonds. The summed E-state index contributed by atoms with van der Waals surface area (Å²) in [6.07, 6.45) is 2.74. The van der Waals surface area contributed by atoms with Gasteiger partial charge in [0.2, 0.25) is 0 Å². The number of pyridine rings is 1. The van der Waals surface area contributed by atoms with Crippen molar-refractivity contribution in [3.05, 3.63) is 42.7 Å². The van der Waals surface area contributed by atoms with Gasteiger partial charge in [-0.05, 0) is 30.6 Å². The van der Waals surface area contributed by atoms with Crippen molar-refractivity contribution in [2.24, 2.45) is 0 Å². The SMILES string of the molecule is C=C(CC)c1cccnc1C(=C)C. The summed E-state index contributed by atoms with van der Waals surface area (Å²) in [4.78, 5) is 4.29. The van der Waals surface area contributed by atoms with Crippen LogP contribution >= 0.6 is 0 Å². The zero-order chi connectivity index (χ0) is 9.84. The predicted octanol–water partition coefficient (Wildman–Crippen LogP) is 3.54. The van der Waals surface area contributed by atoms with E-state index in [0.29, 0.717) is 0 Å². The van der Waals surface area contributed by atoms with Gasteiger partial charge >= 0.3 is 0 Å². The molecule has 0 atom stereocenters. The Hall–Kier alpha value is -1.37. The van der Waals surface area contributed by atoms with E-state index >= 15 is 0 Å². The van der Waals surface area contributed by atoms with Gasteiger partial charge in [0.25, 0.3) is 0 Å². The van der Waals surface area contributed by atoms with Crippen LogP contribution in [0.4, 0.5) is 0 Å². The lowest BCUT2D eigenvalue weighted by atomic mass is 10.0. The largest absolute Gasteiger partial charge is 0.256 e. The quantitative estimate of drug-likeness (QED) is 0.681. The molecule has 0 spiro atoms. The Bertz CT molecular complexity index is 337. The summed E-state index contributed by atoms with van der Waals surface area (Å²) in [7, 11) is 0. The molecule has 1 aromatic heterocycles. The van der Waals surface area contributed by atoms with Crippen LogP contribution in [-0.2, 0) is 0 Å². The number of aromatic nitrogens is 1. The van der Waals surface area contributed by atoms with Gasteiger partial charge in [-0.1, -0.05) is 26.1 Å². The smallest absolute Gasteiger partial charge is 0.0727 e. The molecule has 68 valence electrons. The van der Waals surface area contributed by atoms with Crippen molar-refractivity contribution in [1.29, 1.82) is 0 Å². The molecule has 0 aromatic carbocycles. The maximum Gasteiger partial charge on any atom is 0.0727 e. The van der Waals surface area contributed by atoms with Crippen LogP contribution in [-0.4, -0.2) is 4.98 Å². The fraction of sp³-hybridized carbons (Fsp3) is 0.250. The van der Waals surface area contributed by atoms with Gasteiger partial charge in [0, 0.05) is 11.8 Å². The molecular weight excluding hydrogens is 158 g/mol. The molecule has 0 bridgehead atoms. The van der Waals surface area contributed by atoms with Crippen molar-refractivity contribution in [3.8, 4) is 0 Å². The van der Waals surface area contributed by atoms with Crippen LogP contribution in [0.5, 0.6) is 0 Å². The van der Waals surface area contributed by atoms with Crippen LogP contribution in [0.1, 0.15) is 31.5 Å². The topological polar surface area (TPSA) is 12.9 Å². The lowest BCUT2D eigenvalue weighted by Gasteiger charge is -2.08. The Morgan fingerprint density at radius 2 is 2.15 bits per heavy atom. The molecular formula is C12H15N. The number of allylic oxidation sites excluding steroid dienone is 2. The highest BCUT2D eigenvalue weighted by Crippen LogP contribution is 2.22. The van der Waals surface area contributed by atoms with Gasteiger partial charge in [0.1, 0.15) is 0 Å². The van der Waals surface area contributed by atoms with Gasteiger partial charge in [-0.2, -0.15) is 0 Å². The van der Waals surface area contributed by atoms with E-state index < -0.39 is 0 Å². The summed E-state index contributed by atoms with van der Waals surface area (Å²) in [5.74, 6) is 0. The summed E-state index contributed by atoms with van der Waals surface area (Å²) in [5, 5.41) is 0. The van der Waals surface area contributed by atoms with Crippen molar-refractivity contribution in [1.82, 2.24) is 4.98 Å². The molecule has 0 aliphatic heterocycles. The number of rotatable bonds is 3. The summed E-state index contributed by atoms with van der Waals surface area (Å²) in [6, 6.07) is 3.98. The van der Waals surface area contributed by atoms with Crippen molar-refractivity contribution in [2.45, 2.75) is 20.3 Å². The van der Waals surface area contributed by atoms with Gasteiger partial charge in [-0.15, -0.1) is 0 Å². The fourth-order valence-electron chi connectivity index (χ4n) is 1.22. The van der Waals surface area contributed by atoms with Crippen LogP contribution in [0.15, 0.2) is 31.5 Å². The second-order valence-corrected chi connectivity index (χ2v) is 3.14. The van der Waals surface area contributed by atoms with Gasteiger partial charge in [0.15, 0.2) is 0 Å². The van der Waals surface area contributed by atoms with Gasteiger partial charge in [-0.3, -0.25) is 4.98 Å². The molecule has 1 aromatic rings. The third kappa shape index (κ3) is 2.05. The van der Waals surface area contributed by atoms with E-state index in [-0.39, 0.29) is 0 Å². The normalized spacial score (nSPS) is 9.69. The monoisotopic (exact) mass is 173 g/mol. The fourth-order valence-corrected chi connectivity index (χ4v) is 1.22. The molecule has 1 nitrogen and oxygen atoms in total. The Morgan fingerprint density at radius 3 is 2.69 bits per heavy atom. The number of nitrogens with zero attached hydrogens (tertiary/aromatic N) is 1. The number of hydrogen-bond donors (Lipinski definition) is 0. The highest BCUT2D eigenvalue weighted by atomic mass is 14.7. The maximum atomic E-state index is 4.29. The molecule has 0 N–H and O–H groups in total.